The van der Waals surface area contributed by atoms with Gasteiger partial charge in [-0.3, -0.25) is 14.4 Å². The lowest BCUT2D eigenvalue weighted by Gasteiger charge is -2.11. The Labute approximate surface area is 187 Å². The number of H-pyrrole nitrogens is 1. The Morgan fingerprint density at radius 3 is 2.41 bits per heavy atom. The summed E-state index contributed by atoms with van der Waals surface area (Å²) < 4.78 is 0. The number of anilines is 1. The minimum absolute atomic E-state index is 0.125. The van der Waals surface area contributed by atoms with Gasteiger partial charge in [-0.2, -0.15) is 0 Å². The van der Waals surface area contributed by atoms with Crippen molar-refractivity contribution in [1.82, 2.24) is 10.3 Å². The maximum Gasteiger partial charge on any atom is 0.272 e. The van der Waals surface area contributed by atoms with E-state index in [1.165, 1.54) is 5.56 Å². The molecule has 7 N–H and O–H groups in total. The number of benzene rings is 2. The van der Waals surface area contributed by atoms with Crippen LogP contribution in [0.15, 0.2) is 65.5 Å². The molecule has 0 aliphatic carbocycles. The number of hydrogen-bond donors (Lipinski definition) is 5. The summed E-state index contributed by atoms with van der Waals surface area (Å²) in [4.78, 5) is 38.2. The first-order valence-electron chi connectivity index (χ1n) is 10.6. The number of rotatable bonds is 8. The molecule has 8 nitrogen and oxygen atoms in total. The summed E-state index contributed by atoms with van der Waals surface area (Å²) in [6.07, 6.45) is 2.22. The molecule has 0 aliphatic heterocycles. The second kappa shape index (κ2) is 13.0. The zero-order valence-electron chi connectivity index (χ0n) is 18.3. The Balaban J connectivity index is 0.000000380. The highest BCUT2D eigenvalue weighted by Gasteiger charge is 2.14. The number of aromatic nitrogens is 1. The topological polar surface area (TPSA) is 143 Å². The number of nitrogens with one attached hydrogen (secondary N) is 3. The molecule has 0 saturated heterocycles. The van der Waals surface area contributed by atoms with Gasteiger partial charge in [-0.1, -0.05) is 55.5 Å². The van der Waals surface area contributed by atoms with Crippen LogP contribution in [0.4, 0.5) is 5.69 Å². The van der Waals surface area contributed by atoms with Crippen LogP contribution >= 0.6 is 0 Å². The molecule has 170 valence electrons. The lowest BCUT2D eigenvalue weighted by atomic mass is 10.1. The third kappa shape index (κ3) is 7.98. The van der Waals surface area contributed by atoms with Crippen LogP contribution in [0.2, 0.25) is 0 Å². The molecule has 3 rings (SSSR count). The Hall–Kier alpha value is -3.49. The van der Waals surface area contributed by atoms with Gasteiger partial charge in [0, 0.05) is 10.9 Å². The SMILES string of the molecule is CCc1ccccc1.NCCC[C@H](N)C(=O)NCC(=O)Nc1cc2ccccc2[nH]c1=O. The number of pyridine rings is 1. The van der Waals surface area contributed by atoms with Crippen LogP contribution in [0, 0.1) is 0 Å². The van der Waals surface area contributed by atoms with Crippen molar-refractivity contribution in [1.29, 1.82) is 0 Å². The van der Waals surface area contributed by atoms with E-state index >= 15 is 0 Å². The molecule has 0 unspecified atom stereocenters. The van der Waals surface area contributed by atoms with Gasteiger partial charge in [0.25, 0.3) is 5.56 Å². The second-order valence-electron chi connectivity index (χ2n) is 7.24. The monoisotopic (exact) mass is 437 g/mol. The van der Waals surface area contributed by atoms with Crippen molar-refractivity contribution in [2.24, 2.45) is 11.5 Å². The number of para-hydroxylation sites is 1. The first-order valence-corrected chi connectivity index (χ1v) is 10.6. The number of fused-ring (bicyclic) bond motifs is 1. The van der Waals surface area contributed by atoms with E-state index in [0.29, 0.717) is 24.9 Å². The van der Waals surface area contributed by atoms with Crippen molar-refractivity contribution < 1.29 is 9.59 Å². The van der Waals surface area contributed by atoms with Crippen LogP contribution in [0.1, 0.15) is 25.3 Å². The normalized spacial score (nSPS) is 11.2. The third-order valence-corrected chi connectivity index (χ3v) is 4.76. The number of aryl methyl sites for hydroxylation is 1. The summed E-state index contributed by atoms with van der Waals surface area (Å²) in [5.74, 6) is -0.929. The van der Waals surface area contributed by atoms with Crippen LogP contribution in [0.3, 0.4) is 0 Å². The van der Waals surface area contributed by atoms with Gasteiger partial charge in [0.05, 0.1) is 12.6 Å². The van der Waals surface area contributed by atoms with Crippen LogP contribution in [0.5, 0.6) is 0 Å². The second-order valence-corrected chi connectivity index (χ2v) is 7.24. The molecular weight excluding hydrogens is 406 g/mol. The molecule has 2 amide bonds. The minimum atomic E-state index is -0.703. The first-order chi connectivity index (χ1) is 15.4. The molecule has 1 aromatic heterocycles. The van der Waals surface area contributed by atoms with Gasteiger partial charge in [0.15, 0.2) is 0 Å². The van der Waals surface area contributed by atoms with Gasteiger partial charge in [-0.05, 0) is 43.5 Å². The summed E-state index contributed by atoms with van der Waals surface area (Å²) in [6.45, 7) is 2.35. The van der Waals surface area contributed by atoms with Crippen LogP contribution in [-0.2, 0) is 16.0 Å². The smallest absolute Gasteiger partial charge is 0.272 e. The Bertz CT molecular complexity index is 1070. The van der Waals surface area contributed by atoms with Crippen molar-refractivity contribution >= 4 is 28.4 Å². The van der Waals surface area contributed by atoms with Gasteiger partial charge < -0.3 is 27.1 Å². The molecule has 0 spiro atoms. The first kappa shape index (κ1) is 24.8. The van der Waals surface area contributed by atoms with Crippen LogP contribution in [-0.4, -0.2) is 35.9 Å². The van der Waals surface area contributed by atoms with E-state index in [0.717, 1.165) is 11.8 Å². The average molecular weight is 438 g/mol. The van der Waals surface area contributed by atoms with Crippen LogP contribution < -0.4 is 27.7 Å². The fourth-order valence-corrected chi connectivity index (χ4v) is 2.92. The molecule has 0 fully saturated rings. The predicted molar refractivity (Wildman–Crippen MR) is 128 cm³/mol. The molecule has 0 aliphatic rings. The summed E-state index contributed by atoms with van der Waals surface area (Å²) in [6, 6.07) is 18.6. The van der Waals surface area contributed by atoms with E-state index in [2.05, 4.69) is 46.8 Å². The van der Waals surface area contributed by atoms with E-state index in [1.54, 1.807) is 18.2 Å². The maximum absolute atomic E-state index is 11.9. The summed E-state index contributed by atoms with van der Waals surface area (Å²) >= 11 is 0. The van der Waals surface area contributed by atoms with Crippen molar-refractivity contribution in [3.05, 3.63) is 76.6 Å². The molecule has 8 heteroatoms. The zero-order valence-corrected chi connectivity index (χ0v) is 18.3. The fourth-order valence-electron chi connectivity index (χ4n) is 2.92. The number of aromatic amines is 1. The highest BCUT2D eigenvalue weighted by atomic mass is 16.2. The highest BCUT2D eigenvalue weighted by Crippen LogP contribution is 2.12. The van der Waals surface area contributed by atoms with Crippen molar-refractivity contribution in [3.63, 3.8) is 0 Å². The van der Waals surface area contributed by atoms with E-state index in [-0.39, 0.29) is 12.2 Å². The van der Waals surface area contributed by atoms with Gasteiger partial charge in [-0.15, -0.1) is 0 Å². The lowest BCUT2D eigenvalue weighted by molar-refractivity contribution is -0.125. The van der Waals surface area contributed by atoms with Gasteiger partial charge in [0.2, 0.25) is 11.8 Å². The van der Waals surface area contributed by atoms with E-state index in [4.69, 9.17) is 11.5 Å². The molecular formula is C24H31N5O3. The number of carbonyl (C=O) groups excluding carboxylic acids is 2. The van der Waals surface area contributed by atoms with Gasteiger partial charge in [-0.25, -0.2) is 0 Å². The largest absolute Gasteiger partial charge is 0.346 e. The lowest BCUT2D eigenvalue weighted by Crippen LogP contribution is -2.44. The van der Waals surface area contributed by atoms with Crippen molar-refractivity contribution in [3.8, 4) is 0 Å². The highest BCUT2D eigenvalue weighted by molar-refractivity contribution is 5.96. The number of nitrogens with two attached hydrogens (primary N) is 2. The fraction of sp³-hybridized carbons (Fsp3) is 0.292. The molecule has 0 bridgehead atoms. The molecule has 2 aromatic carbocycles. The van der Waals surface area contributed by atoms with Crippen molar-refractivity contribution in [2.45, 2.75) is 32.2 Å². The summed E-state index contributed by atoms with van der Waals surface area (Å²) in [5, 5.41) is 5.71. The van der Waals surface area contributed by atoms with E-state index < -0.39 is 23.4 Å². The standard InChI is InChI=1S/C16H21N5O3.C8H10/c17-7-3-5-11(18)15(23)19-9-14(22)20-13-8-10-4-1-2-6-12(10)21-16(13)24;1-2-8-6-4-3-5-7-8/h1-2,4,6,8,11H,3,5,7,9,17-18H2,(H,19,23)(H,20,22)(H,21,24);3-7H,2H2,1H3/t11-;/m0./s1. The summed E-state index contributed by atoms with van der Waals surface area (Å²) in [5.41, 5.74) is 12.8. The Kier molecular flexibility index (Phi) is 10.1. The third-order valence-electron chi connectivity index (χ3n) is 4.76. The van der Waals surface area contributed by atoms with Gasteiger partial charge >= 0.3 is 0 Å². The zero-order chi connectivity index (χ0) is 23.3. The summed E-state index contributed by atoms with van der Waals surface area (Å²) in [7, 11) is 0. The number of carbonyl (C=O) groups is 2. The van der Waals surface area contributed by atoms with Crippen molar-refractivity contribution in [2.75, 3.05) is 18.4 Å². The predicted octanol–water partition coefficient (Wildman–Crippen LogP) is 1.90. The molecule has 32 heavy (non-hydrogen) atoms. The van der Waals surface area contributed by atoms with E-state index in [9.17, 15) is 14.4 Å². The number of hydrogen-bond acceptors (Lipinski definition) is 5. The molecule has 3 aromatic rings. The molecule has 0 radical (unpaired) electrons. The molecule has 1 heterocycles. The number of amides is 2. The quantitative estimate of drug-likeness (QED) is 0.366. The average Bonchev–Trinajstić information content (AvgIpc) is 2.82. The Morgan fingerprint density at radius 1 is 1.06 bits per heavy atom. The van der Waals surface area contributed by atoms with Gasteiger partial charge in [0.1, 0.15) is 5.69 Å². The molecule has 0 saturated carbocycles. The van der Waals surface area contributed by atoms with Crippen LogP contribution in [0.25, 0.3) is 10.9 Å². The maximum atomic E-state index is 11.9. The molecule has 1 atom stereocenters. The van der Waals surface area contributed by atoms with E-state index in [1.807, 2.05) is 18.2 Å². The minimum Gasteiger partial charge on any atom is -0.346 e. The Morgan fingerprint density at radius 2 is 1.75 bits per heavy atom.